The fraction of sp³-hybridized carbons (Fsp3) is 0.469. The predicted molar refractivity (Wildman–Crippen MR) is 160 cm³/mol. The van der Waals surface area contributed by atoms with Crippen molar-refractivity contribution >= 4 is 28.3 Å². The molecule has 3 fully saturated rings. The molecular formula is C32H38N4O4S. The number of benzene rings is 2. The Morgan fingerprint density at radius 2 is 1.88 bits per heavy atom. The molecule has 1 N–H and O–H groups in total. The van der Waals surface area contributed by atoms with E-state index in [9.17, 15) is 14.7 Å². The first kappa shape index (κ1) is 27.7. The topological polar surface area (TPSA) is 86.2 Å². The Balaban J connectivity index is 1.13. The number of piperazine rings is 1. The van der Waals surface area contributed by atoms with Gasteiger partial charge < -0.3 is 19.6 Å². The number of aryl methyl sites for hydroxylation is 2. The lowest BCUT2D eigenvalue weighted by Crippen LogP contribution is -2.47. The van der Waals surface area contributed by atoms with Gasteiger partial charge in [0.1, 0.15) is 12.4 Å². The average molecular weight is 575 g/mol. The van der Waals surface area contributed by atoms with E-state index in [1.807, 2.05) is 13.1 Å². The summed E-state index contributed by atoms with van der Waals surface area (Å²) >= 11 is 1.62. The van der Waals surface area contributed by atoms with Gasteiger partial charge >= 0.3 is 5.97 Å². The number of carboxylic acid groups (broad SMARTS) is 1. The fourth-order valence-corrected chi connectivity index (χ4v) is 7.51. The van der Waals surface area contributed by atoms with Crippen molar-refractivity contribution in [1.82, 2.24) is 14.8 Å². The molecule has 2 saturated heterocycles. The van der Waals surface area contributed by atoms with Gasteiger partial charge in [0.05, 0.1) is 18.2 Å². The largest absolute Gasteiger partial charge is 0.488 e. The van der Waals surface area contributed by atoms with Crippen LogP contribution in [0.1, 0.15) is 35.1 Å². The molecule has 0 spiro atoms. The highest BCUT2D eigenvalue weighted by molar-refractivity contribution is 7.14. The van der Waals surface area contributed by atoms with Crippen molar-refractivity contribution < 1.29 is 19.4 Å². The minimum absolute atomic E-state index is 0.175. The van der Waals surface area contributed by atoms with E-state index >= 15 is 0 Å². The lowest BCUT2D eigenvalue weighted by atomic mass is 9.85. The molecule has 8 nitrogen and oxygen atoms in total. The SMILES string of the molecule is Cc1ccc(OCc2ccc(CN3CCN(C)C(=O)C3)cc2C)c(-c2csc(N3CC4CCC(C3)C4C(=O)O)n2)c1. The maximum absolute atomic E-state index is 12.1. The summed E-state index contributed by atoms with van der Waals surface area (Å²) in [6.07, 6.45) is 1.98. The fourth-order valence-electron chi connectivity index (χ4n) is 6.66. The van der Waals surface area contributed by atoms with Crippen LogP contribution in [0, 0.1) is 31.6 Å². The number of hydrogen-bond donors (Lipinski definition) is 1. The standard InChI is InChI=1S/C32H38N4O4S/c1-20-4-9-28(40-18-25-6-5-22(13-21(25)2)14-35-11-10-34(3)29(37)17-35)26(12-20)27-19-41-32(33-27)36-15-23-7-8-24(16-36)30(23)31(38)39/h4-6,9,12-13,19,23-24,30H,7-8,10-11,14-18H2,1-3H3,(H,38,39). The number of rotatable bonds is 8. The van der Waals surface area contributed by atoms with E-state index in [0.29, 0.717) is 13.2 Å². The van der Waals surface area contributed by atoms with Crippen molar-refractivity contribution in [3.63, 3.8) is 0 Å². The summed E-state index contributed by atoms with van der Waals surface area (Å²) in [4.78, 5) is 35.1. The molecule has 2 aliphatic heterocycles. The third-order valence-corrected chi connectivity index (χ3v) is 9.93. The van der Waals surface area contributed by atoms with Crippen LogP contribution in [0.5, 0.6) is 5.75 Å². The van der Waals surface area contributed by atoms with Gasteiger partial charge in [-0.15, -0.1) is 11.3 Å². The summed E-state index contributed by atoms with van der Waals surface area (Å²) in [6, 6.07) is 12.7. The Kier molecular flexibility index (Phi) is 7.74. The molecule has 2 aromatic carbocycles. The number of ether oxygens (including phenoxy) is 1. The number of fused-ring (bicyclic) bond motifs is 2. The number of thiazole rings is 1. The van der Waals surface area contributed by atoms with E-state index in [0.717, 1.165) is 78.8 Å². The number of anilines is 1. The molecule has 0 radical (unpaired) electrons. The van der Waals surface area contributed by atoms with E-state index in [4.69, 9.17) is 9.72 Å². The Hall–Kier alpha value is -3.43. The first-order chi connectivity index (χ1) is 19.7. The number of aromatic nitrogens is 1. The molecular weight excluding hydrogens is 536 g/mol. The Bertz CT molecular complexity index is 1440. The summed E-state index contributed by atoms with van der Waals surface area (Å²) in [5.41, 5.74) is 6.52. The zero-order chi connectivity index (χ0) is 28.7. The lowest BCUT2D eigenvalue weighted by Gasteiger charge is -2.35. The van der Waals surface area contributed by atoms with Gasteiger partial charge in [-0.05, 0) is 67.3 Å². The first-order valence-corrected chi connectivity index (χ1v) is 15.3. The van der Waals surface area contributed by atoms with E-state index in [1.54, 1.807) is 16.2 Å². The molecule has 3 aromatic rings. The molecule has 41 heavy (non-hydrogen) atoms. The van der Waals surface area contributed by atoms with Crippen molar-refractivity contribution in [2.75, 3.05) is 44.7 Å². The van der Waals surface area contributed by atoms with Gasteiger partial charge in [-0.2, -0.15) is 0 Å². The van der Waals surface area contributed by atoms with Crippen molar-refractivity contribution in [2.24, 2.45) is 17.8 Å². The second-order valence-corrected chi connectivity index (χ2v) is 12.8. The molecule has 1 amide bonds. The molecule has 216 valence electrons. The lowest BCUT2D eigenvalue weighted by molar-refractivity contribution is -0.144. The van der Waals surface area contributed by atoms with Crippen LogP contribution >= 0.6 is 11.3 Å². The zero-order valence-electron chi connectivity index (χ0n) is 24.0. The van der Waals surface area contributed by atoms with Crippen molar-refractivity contribution in [1.29, 1.82) is 0 Å². The molecule has 2 unspecified atom stereocenters. The van der Waals surface area contributed by atoms with Crippen LogP contribution in [0.15, 0.2) is 41.8 Å². The second-order valence-electron chi connectivity index (χ2n) is 12.0. The summed E-state index contributed by atoms with van der Waals surface area (Å²) < 4.78 is 6.39. The maximum atomic E-state index is 12.1. The van der Waals surface area contributed by atoms with Crippen LogP contribution in [0.2, 0.25) is 0 Å². The normalized spacial score (nSPS) is 22.8. The Morgan fingerprint density at radius 1 is 1.10 bits per heavy atom. The van der Waals surface area contributed by atoms with Gasteiger partial charge in [-0.1, -0.05) is 29.8 Å². The van der Waals surface area contributed by atoms with Crippen LogP contribution in [-0.4, -0.2) is 71.5 Å². The molecule has 9 heteroatoms. The number of hydrogen-bond acceptors (Lipinski definition) is 7. The minimum atomic E-state index is -0.644. The summed E-state index contributed by atoms with van der Waals surface area (Å²) in [6.45, 7) is 9.07. The van der Waals surface area contributed by atoms with E-state index in [2.05, 4.69) is 59.4 Å². The number of carboxylic acids is 1. The van der Waals surface area contributed by atoms with Gasteiger partial charge in [0.2, 0.25) is 5.91 Å². The van der Waals surface area contributed by atoms with Crippen molar-refractivity contribution in [3.8, 4) is 17.0 Å². The molecule has 2 atom stereocenters. The second kappa shape index (κ2) is 11.4. The highest BCUT2D eigenvalue weighted by atomic mass is 32.1. The molecule has 2 bridgehead atoms. The molecule has 1 aliphatic carbocycles. The van der Waals surface area contributed by atoms with E-state index < -0.39 is 5.97 Å². The zero-order valence-corrected chi connectivity index (χ0v) is 24.8. The molecule has 1 aromatic heterocycles. The van der Waals surface area contributed by atoms with Gasteiger partial charge in [-0.25, -0.2) is 4.98 Å². The van der Waals surface area contributed by atoms with Crippen molar-refractivity contribution in [3.05, 3.63) is 64.0 Å². The minimum Gasteiger partial charge on any atom is -0.488 e. The summed E-state index contributed by atoms with van der Waals surface area (Å²) in [7, 11) is 1.86. The van der Waals surface area contributed by atoms with Gasteiger partial charge in [0.25, 0.3) is 0 Å². The van der Waals surface area contributed by atoms with Crippen LogP contribution in [0.4, 0.5) is 5.13 Å². The highest BCUT2D eigenvalue weighted by Crippen LogP contribution is 2.44. The molecule has 3 heterocycles. The third-order valence-electron chi connectivity index (χ3n) is 9.03. The average Bonchev–Trinajstić information content (AvgIpc) is 3.54. The number of piperidine rings is 1. The van der Waals surface area contributed by atoms with Crippen LogP contribution in [0.25, 0.3) is 11.3 Å². The van der Waals surface area contributed by atoms with Gasteiger partial charge in [0, 0.05) is 50.7 Å². The molecule has 1 saturated carbocycles. The number of carbonyl (C=O) groups is 2. The highest BCUT2D eigenvalue weighted by Gasteiger charge is 2.46. The number of nitrogens with zero attached hydrogens (tertiary/aromatic N) is 4. The Labute approximate surface area is 245 Å². The monoisotopic (exact) mass is 574 g/mol. The first-order valence-electron chi connectivity index (χ1n) is 14.5. The van der Waals surface area contributed by atoms with E-state index in [-0.39, 0.29) is 23.7 Å². The number of likely N-dealkylation sites (N-methyl/N-ethyl adjacent to an activating group) is 1. The van der Waals surface area contributed by atoms with Crippen LogP contribution in [-0.2, 0) is 22.7 Å². The number of aliphatic carboxylic acids is 1. The predicted octanol–water partition coefficient (Wildman–Crippen LogP) is 4.83. The number of amides is 1. The van der Waals surface area contributed by atoms with E-state index in [1.165, 1.54) is 11.1 Å². The third kappa shape index (κ3) is 5.83. The number of carbonyl (C=O) groups excluding carboxylic acids is 1. The Morgan fingerprint density at radius 3 is 2.59 bits per heavy atom. The maximum Gasteiger partial charge on any atom is 0.307 e. The summed E-state index contributed by atoms with van der Waals surface area (Å²) in [5, 5.41) is 12.7. The quantitative estimate of drug-likeness (QED) is 0.413. The van der Waals surface area contributed by atoms with Crippen LogP contribution < -0.4 is 9.64 Å². The van der Waals surface area contributed by atoms with Crippen molar-refractivity contribution in [2.45, 2.75) is 39.8 Å². The molecule has 3 aliphatic rings. The van der Waals surface area contributed by atoms with Crippen LogP contribution in [0.3, 0.4) is 0 Å². The van der Waals surface area contributed by atoms with Gasteiger partial charge in [0.15, 0.2) is 5.13 Å². The van der Waals surface area contributed by atoms with Gasteiger partial charge in [-0.3, -0.25) is 14.5 Å². The smallest absolute Gasteiger partial charge is 0.307 e. The summed E-state index contributed by atoms with van der Waals surface area (Å²) in [5.74, 6) is 0.529. The molecule has 6 rings (SSSR count).